The molecule has 3 aromatic carbocycles. The number of aromatic hydroxyl groups is 1. The lowest BCUT2D eigenvalue weighted by Crippen LogP contribution is -2.16. The van der Waals surface area contributed by atoms with Crippen molar-refractivity contribution in [3.05, 3.63) is 70.8 Å². The van der Waals surface area contributed by atoms with Gasteiger partial charge in [-0.05, 0) is 41.5 Å². The molecule has 1 aliphatic heterocycles. The van der Waals surface area contributed by atoms with Gasteiger partial charge in [0.2, 0.25) is 0 Å². The first-order valence-corrected chi connectivity index (χ1v) is 10.4. The number of nitrogens with two attached hydrogens (primary N) is 1. The van der Waals surface area contributed by atoms with E-state index in [1.54, 1.807) is 33.5 Å². The van der Waals surface area contributed by atoms with E-state index in [0.29, 0.717) is 18.0 Å². The minimum atomic E-state index is 0.177. The van der Waals surface area contributed by atoms with E-state index in [1.807, 2.05) is 24.3 Å². The summed E-state index contributed by atoms with van der Waals surface area (Å²) in [6.07, 6.45) is 0. The summed E-state index contributed by atoms with van der Waals surface area (Å²) in [5.41, 5.74) is 12.5. The molecule has 0 unspecified atom stereocenters. The van der Waals surface area contributed by atoms with Gasteiger partial charge in [0.1, 0.15) is 23.0 Å². The lowest BCUT2D eigenvalue weighted by atomic mass is 10.1. The number of benzene rings is 3. The normalized spacial score (nSPS) is 13.0. The van der Waals surface area contributed by atoms with Gasteiger partial charge in [-0.2, -0.15) is 0 Å². The average molecular weight is 436 g/mol. The first-order chi connectivity index (χ1) is 15.5. The maximum absolute atomic E-state index is 9.65. The van der Waals surface area contributed by atoms with Crippen molar-refractivity contribution < 1.29 is 19.3 Å². The van der Waals surface area contributed by atoms with Gasteiger partial charge in [0.15, 0.2) is 0 Å². The molecule has 0 saturated carbocycles. The summed E-state index contributed by atoms with van der Waals surface area (Å²) in [5, 5.41) is 13.1. The highest BCUT2D eigenvalue weighted by atomic mass is 16.5. The van der Waals surface area contributed by atoms with Crippen molar-refractivity contribution in [2.24, 2.45) is 0 Å². The zero-order chi connectivity index (χ0) is 22.7. The molecule has 1 heterocycles. The molecule has 0 fully saturated rings. The van der Waals surface area contributed by atoms with Gasteiger partial charge in [0.05, 0.1) is 32.7 Å². The largest absolute Gasteiger partial charge is 0.508 e. The molecule has 168 valence electrons. The molecule has 0 atom stereocenters. The fraction of sp³-hybridized carbons (Fsp3) is 0.280. The molecule has 32 heavy (non-hydrogen) atoms. The molecule has 0 bridgehead atoms. The Morgan fingerprint density at radius 2 is 1.56 bits per heavy atom. The van der Waals surface area contributed by atoms with E-state index >= 15 is 0 Å². The second kappa shape index (κ2) is 9.28. The number of phenols is 1. The van der Waals surface area contributed by atoms with Crippen molar-refractivity contribution in [1.29, 1.82) is 0 Å². The SMILES string of the molecule is COc1ccc(CN2Cc3cc(N)c(NCc4ccc(O)cc4OC)cc3C2)c(OC)c1. The first-order valence-electron chi connectivity index (χ1n) is 10.4. The number of nitrogens with zero attached hydrogens (tertiary/aromatic N) is 1. The molecule has 4 rings (SSSR count). The van der Waals surface area contributed by atoms with E-state index < -0.39 is 0 Å². The van der Waals surface area contributed by atoms with Crippen LogP contribution in [0.5, 0.6) is 23.0 Å². The van der Waals surface area contributed by atoms with Gasteiger partial charge in [-0.1, -0.05) is 6.07 Å². The van der Waals surface area contributed by atoms with Crippen molar-refractivity contribution in [1.82, 2.24) is 4.90 Å². The number of hydrogen-bond acceptors (Lipinski definition) is 7. The molecule has 4 N–H and O–H groups in total. The van der Waals surface area contributed by atoms with Crippen molar-refractivity contribution >= 4 is 11.4 Å². The van der Waals surface area contributed by atoms with Gasteiger partial charge in [-0.25, -0.2) is 0 Å². The van der Waals surface area contributed by atoms with Crippen LogP contribution in [-0.4, -0.2) is 31.3 Å². The number of nitrogens with one attached hydrogen (secondary N) is 1. The van der Waals surface area contributed by atoms with Crippen LogP contribution in [0.25, 0.3) is 0 Å². The maximum atomic E-state index is 9.65. The minimum absolute atomic E-state index is 0.177. The van der Waals surface area contributed by atoms with Gasteiger partial charge in [0.25, 0.3) is 0 Å². The van der Waals surface area contributed by atoms with Crippen LogP contribution < -0.4 is 25.3 Å². The second-order valence-electron chi connectivity index (χ2n) is 7.88. The highest BCUT2D eigenvalue weighted by Gasteiger charge is 2.22. The molecule has 0 aliphatic carbocycles. The lowest BCUT2D eigenvalue weighted by Gasteiger charge is -2.17. The third kappa shape index (κ3) is 4.53. The Kier molecular flexibility index (Phi) is 6.28. The van der Waals surface area contributed by atoms with Gasteiger partial charge in [-0.15, -0.1) is 0 Å². The van der Waals surface area contributed by atoms with E-state index in [9.17, 15) is 5.11 Å². The molecule has 0 spiro atoms. The van der Waals surface area contributed by atoms with Crippen LogP contribution in [0.3, 0.4) is 0 Å². The van der Waals surface area contributed by atoms with E-state index in [-0.39, 0.29) is 5.75 Å². The van der Waals surface area contributed by atoms with Crippen molar-refractivity contribution in [3.8, 4) is 23.0 Å². The molecule has 0 aromatic heterocycles. The Balaban J connectivity index is 1.46. The van der Waals surface area contributed by atoms with Crippen molar-refractivity contribution in [3.63, 3.8) is 0 Å². The fourth-order valence-electron chi connectivity index (χ4n) is 4.10. The maximum Gasteiger partial charge on any atom is 0.127 e. The number of fused-ring (bicyclic) bond motifs is 1. The highest BCUT2D eigenvalue weighted by Crippen LogP contribution is 2.34. The van der Waals surface area contributed by atoms with Gasteiger partial charge < -0.3 is 30.4 Å². The Morgan fingerprint density at radius 1 is 0.875 bits per heavy atom. The highest BCUT2D eigenvalue weighted by molar-refractivity contribution is 5.69. The van der Waals surface area contributed by atoms with Gasteiger partial charge in [0, 0.05) is 49.4 Å². The topological polar surface area (TPSA) is 89.2 Å². The molecular weight excluding hydrogens is 406 g/mol. The average Bonchev–Trinajstić information content (AvgIpc) is 3.19. The van der Waals surface area contributed by atoms with Crippen LogP contribution in [0.4, 0.5) is 11.4 Å². The van der Waals surface area contributed by atoms with Crippen LogP contribution in [0, 0.1) is 0 Å². The zero-order valence-electron chi connectivity index (χ0n) is 18.6. The van der Waals surface area contributed by atoms with E-state index in [2.05, 4.69) is 22.3 Å². The molecule has 7 heteroatoms. The van der Waals surface area contributed by atoms with Crippen LogP contribution in [0.1, 0.15) is 22.3 Å². The van der Waals surface area contributed by atoms with Gasteiger partial charge in [-0.3, -0.25) is 4.90 Å². The fourth-order valence-corrected chi connectivity index (χ4v) is 4.10. The Labute approximate surface area is 188 Å². The molecule has 0 amide bonds. The summed E-state index contributed by atoms with van der Waals surface area (Å²) in [4.78, 5) is 2.36. The summed E-state index contributed by atoms with van der Waals surface area (Å²) in [6.45, 7) is 2.98. The molecule has 1 aliphatic rings. The lowest BCUT2D eigenvalue weighted by molar-refractivity contribution is 0.269. The Morgan fingerprint density at radius 3 is 2.28 bits per heavy atom. The summed E-state index contributed by atoms with van der Waals surface area (Å²) in [7, 11) is 4.92. The second-order valence-corrected chi connectivity index (χ2v) is 7.88. The monoisotopic (exact) mass is 435 g/mol. The van der Waals surface area contributed by atoms with Crippen LogP contribution >= 0.6 is 0 Å². The molecule has 3 aromatic rings. The zero-order valence-corrected chi connectivity index (χ0v) is 18.6. The quantitative estimate of drug-likeness (QED) is 0.459. The number of methoxy groups -OCH3 is 3. The van der Waals surface area contributed by atoms with Crippen molar-refractivity contribution in [2.45, 2.75) is 26.2 Å². The van der Waals surface area contributed by atoms with Crippen LogP contribution in [0.15, 0.2) is 48.5 Å². The van der Waals surface area contributed by atoms with Gasteiger partial charge >= 0.3 is 0 Å². The van der Waals surface area contributed by atoms with Crippen molar-refractivity contribution in [2.75, 3.05) is 32.4 Å². The van der Waals surface area contributed by atoms with E-state index in [0.717, 1.165) is 47.9 Å². The number of anilines is 2. The predicted octanol–water partition coefficient (Wildman–Crippen LogP) is 4.13. The van der Waals surface area contributed by atoms with E-state index in [4.69, 9.17) is 19.9 Å². The summed E-state index contributed by atoms with van der Waals surface area (Å²) < 4.78 is 16.2. The van der Waals surface area contributed by atoms with Crippen LogP contribution in [-0.2, 0) is 26.2 Å². The number of ether oxygens (including phenoxy) is 3. The smallest absolute Gasteiger partial charge is 0.127 e. The number of phenolic OH excluding ortho intramolecular Hbond substituents is 1. The number of hydrogen-bond donors (Lipinski definition) is 3. The molecule has 0 radical (unpaired) electrons. The number of rotatable bonds is 8. The molecule has 0 saturated heterocycles. The Hall–Kier alpha value is -3.58. The number of nitrogen functional groups attached to an aromatic ring is 1. The third-order valence-corrected chi connectivity index (χ3v) is 5.79. The Bertz CT molecular complexity index is 1120. The predicted molar refractivity (Wildman–Crippen MR) is 125 cm³/mol. The molecular formula is C25H29N3O4. The third-order valence-electron chi connectivity index (χ3n) is 5.79. The summed E-state index contributed by atoms with van der Waals surface area (Å²) >= 11 is 0. The van der Waals surface area contributed by atoms with Crippen LogP contribution in [0.2, 0.25) is 0 Å². The molecule has 7 nitrogen and oxygen atoms in total. The van der Waals surface area contributed by atoms with E-state index in [1.165, 1.54) is 11.1 Å². The minimum Gasteiger partial charge on any atom is -0.508 e. The summed E-state index contributed by atoms with van der Waals surface area (Å²) in [5.74, 6) is 2.42. The first kappa shape index (κ1) is 21.6. The summed E-state index contributed by atoms with van der Waals surface area (Å²) in [6, 6.07) is 15.2. The standard InChI is InChI=1S/C25H29N3O4/c1-30-21-7-5-17(25(11-21)32-3)13-28-14-18-8-22(26)23(9-19(18)15-28)27-12-16-4-6-20(29)10-24(16)31-2/h4-11,27,29H,12-15,26H2,1-3H3.